The van der Waals surface area contributed by atoms with E-state index in [0.29, 0.717) is 40.1 Å². The number of ether oxygens (including phenoxy) is 7. The van der Waals surface area contributed by atoms with Crippen molar-refractivity contribution in [3.8, 4) is 34.5 Å². The van der Waals surface area contributed by atoms with Crippen molar-refractivity contribution < 1.29 is 63.3 Å². The first-order valence-electron chi connectivity index (χ1n) is 8.24. The largest absolute Gasteiger partial charge is 1.00 e. The molecule has 11 heteroatoms. The predicted molar refractivity (Wildman–Crippen MR) is 107 cm³/mol. The van der Waals surface area contributed by atoms with Crippen molar-refractivity contribution in [2.45, 2.75) is 6.61 Å². The van der Waals surface area contributed by atoms with Crippen LogP contribution in [-0.4, -0.2) is 63.4 Å². The first-order valence-corrected chi connectivity index (χ1v) is 8.24. The van der Waals surface area contributed by atoms with E-state index in [2.05, 4.69) is 4.74 Å². The van der Waals surface area contributed by atoms with E-state index >= 15 is 0 Å². The van der Waals surface area contributed by atoms with Gasteiger partial charge in [-0.05, 0) is 29.8 Å². The maximum Gasteiger partial charge on any atom is 1.00 e. The van der Waals surface area contributed by atoms with E-state index in [1.165, 1.54) is 14.2 Å². The smallest absolute Gasteiger partial charge is 1.00 e. The standard InChI is InChI=1S/C10H10O5.C9H10O4.Al.Li.4H/c1-12-7-3-6(10(11)13-2)4-8-9(7)15-5-14-8;1-11-7-2-6(4-10)3-8-9(7)13-5-12-8;;;;;;/h3-4H,5H2,1-2H3;2-3,10H,4-5H2,1H3;;;;;;/q;;;+1;;;;-1. The van der Waals surface area contributed by atoms with E-state index < -0.39 is 5.97 Å². The van der Waals surface area contributed by atoms with Crippen molar-refractivity contribution in [3.63, 3.8) is 0 Å². The zero-order valence-electron chi connectivity index (χ0n) is 17.6. The van der Waals surface area contributed by atoms with Crippen LogP contribution in [-0.2, 0) is 11.3 Å². The molecular weight excluding hydrogens is 406 g/mol. The average Bonchev–Trinajstić information content (AvgIpc) is 3.40. The number of fused-ring (bicyclic) bond motifs is 2. The molecule has 30 heavy (non-hydrogen) atoms. The van der Waals surface area contributed by atoms with Gasteiger partial charge < -0.3 is 39.7 Å². The second kappa shape index (κ2) is 11.8. The molecule has 0 saturated heterocycles. The summed E-state index contributed by atoms with van der Waals surface area (Å²) in [6.07, 6.45) is 0. The molecule has 2 aromatic rings. The van der Waals surface area contributed by atoms with Gasteiger partial charge in [0.05, 0.1) is 33.5 Å². The van der Waals surface area contributed by atoms with E-state index in [0.717, 1.165) is 5.56 Å². The van der Waals surface area contributed by atoms with Gasteiger partial charge in [0.15, 0.2) is 40.4 Å². The van der Waals surface area contributed by atoms with Gasteiger partial charge in [-0.25, -0.2) is 4.79 Å². The molecule has 4 rings (SSSR count). The molecule has 9 nitrogen and oxygen atoms in total. The van der Waals surface area contributed by atoms with Crippen molar-refractivity contribution in [1.29, 1.82) is 0 Å². The number of methoxy groups -OCH3 is 3. The number of carbonyl (C=O) groups excluding carboxylic acids is 1. The Hall–Kier alpha value is -2.20. The van der Waals surface area contributed by atoms with Crippen molar-refractivity contribution in [3.05, 3.63) is 35.4 Å². The summed E-state index contributed by atoms with van der Waals surface area (Å²) >= 11 is 0. The van der Waals surface area contributed by atoms with Crippen molar-refractivity contribution in [2.75, 3.05) is 34.9 Å². The summed E-state index contributed by atoms with van der Waals surface area (Å²) in [5.41, 5.74) is 1.12. The molecule has 1 N–H and O–H groups in total. The minimum atomic E-state index is -0.438. The van der Waals surface area contributed by atoms with Crippen LogP contribution in [0.15, 0.2) is 24.3 Å². The summed E-state index contributed by atoms with van der Waals surface area (Å²) in [6.45, 7) is 0.309. The zero-order chi connectivity index (χ0) is 20.1. The van der Waals surface area contributed by atoms with Gasteiger partial charge in [-0.1, -0.05) is 0 Å². The monoisotopic (exact) mass is 430 g/mol. The predicted octanol–water partition coefficient (Wildman–Crippen LogP) is -1.94. The van der Waals surface area contributed by atoms with Crippen LogP contribution in [0.25, 0.3) is 0 Å². The fraction of sp³-hybridized carbons (Fsp3) is 0.316. The van der Waals surface area contributed by atoms with Gasteiger partial charge >= 0.3 is 24.8 Å². The van der Waals surface area contributed by atoms with Crippen LogP contribution in [0.3, 0.4) is 0 Å². The van der Waals surface area contributed by atoms with Crippen LogP contribution in [0.5, 0.6) is 34.5 Å². The average molecular weight is 430 g/mol. The third-order valence-electron chi connectivity index (χ3n) is 3.98. The number of hydrogen-bond acceptors (Lipinski definition) is 9. The molecule has 0 aliphatic carbocycles. The Morgan fingerprint density at radius 2 is 1.47 bits per heavy atom. The van der Waals surface area contributed by atoms with Crippen molar-refractivity contribution in [2.24, 2.45) is 0 Å². The maximum atomic E-state index is 11.3. The number of hydrogen-bond donors (Lipinski definition) is 1. The number of aliphatic hydroxyl groups is 1. The number of aliphatic hydroxyl groups excluding tert-OH is 1. The fourth-order valence-electron chi connectivity index (χ4n) is 2.64. The topological polar surface area (TPSA) is 102 Å². The molecule has 0 fully saturated rings. The zero-order valence-corrected chi connectivity index (χ0v) is 16.6. The van der Waals surface area contributed by atoms with Gasteiger partial charge in [0, 0.05) is 0 Å². The Labute approximate surface area is 197 Å². The Morgan fingerprint density at radius 3 is 1.97 bits per heavy atom. The summed E-state index contributed by atoms with van der Waals surface area (Å²) in [7, 11) is 4.37. The summed E-state index contributed by atoms with van der Waals surface area (Å²) in [5, 5.41) is 8.94. The van der Waals surface area contributed by atoms with Gasteiger partial charge in [-0.2, -0.15) is 0 Å². The molecule has 2 aliphatic rings. The molecule has 0 amide bonds. The molecular formula is C19H24AlLiO9. The normalized spacial score (nSPS) is 11.9. The van der Waals surface area contributed by atoms with Crippen molar-refractivity contribution in [1.82, 2.24) is 0 Å². The van der Waals surface area contributed by atoms with Gasteiger partial charge in [-0.3, -0.25) is 0 Å². The molecule has 0 radical (unpaired) electrons. The molecule has 2 heterocycles. The maximum absolute atomic E-state index is 11.3. The SMILES string of the molecule is COC(=O)c1cc(OC)c2c(c1)OCO2.COc1cc(CO)cc2c1OCO2.[AlH3].[H-].[Li+]. The molecule has 0 aromatic heterocycles. The van der Waals surface area contributed by atoms with E-state index in [1.54, 1.807) is 31.4 Å². The number of carbonyl (C=O) groups is 1. The molecule has 0 unspecified atom stereocenters. The second-order valence-corrected chi connectivity index (χ2v) is 5.59. The Bertz CT molecular complexity index is 882. The Morgan fingerprint density at radius 1 is 0.933 bits per heavy atom. The summed E-state index contributed by atoms with van der Waals surface area (Å²) in [5.74, 6) is 2.87. The summed E-state index contributed by atoms with van der Waals surface area (Å²) in [4.78, 5) is 11.3. The van der Waals surface area contributed by atoms with E-state index in [4.69, 9.17) is 33.5 Å². The summed E-state index contributed by atoms with van der Waals surface area (Å²) in [6, 6.07) is 6.59. The Kier molecular flexibility index (Phi) is 10.2. The first-order chi connectivity index (χ1) is 13.6. The molecule has 0 bridgehead atoms. The van der Waals surface area contributed by atoms with E-state index in [1.807, 2.05) is 0 Å². The third-order valence-corrected chi connectivity index (χ3v) is 3.98. The fourth-order valence-corrected chi connectivity index (χ4v) is 2.64. The molecule has 0 spiro atoms. The minimum absolute atomic E-state index is 0. The second-order valence-electron chi connectivity index (χ2n) is 5.59. The van der Waals surface area contributed by atoms with Gasteiger partial charge in [0.25, 0.3) is 0 Å². The van der Waals surface area contributed by atoms with E-state index in [9.17, 15) is 4.79 Å². The van der Waals surface area contributed by atoms with Crippen LogP contribution in [0.1, 0.15) is 17.3 Å². The Balaban J connectivity index is 0.000000533. The quantitative estimate of drug-likeness (QED) is 0.439. The number of esters is 1. The molecule has 0 saturated carbocycles. The van der Waals surface area contributed by atoms with Crippen LogP contribution in [0.2, 0.25) is 0 Å². The van der Waals surface area contributed by atoms with Gasteiger partial charge in [-0.15, -0.1) is 0 Å². The molecule has 2 aliphatic heterocycles. The minimum Gasteiger partial charge on any atom is -1.00 e. The van der Waals surface area contributed by atoms with Gasteiger partial charge in [0.2, 0.25) is 25.1 Å². The summed E-state index contributed by atoms with van der Waals surface area (Å²) < 4.78 is 35.5. The van der Waals surface area contributed by atoms with E-state index in [-0.39, 0.29) is 57.8 Å². The van der Waals surface area contributed by atoms with Crippen LogP contribution in [0, 0.1) is 0 Å². The molecule has 0 atom stereocenters. The van der Waals surface area contributed by atoms with Crippen LogP contribution >= 0.6 is 0 Å². The van der Waals surface area contributed by atoms with Crippen LogP contribution < -0.4 is 47.3 Å². The van der Waals surface area contributed by atoms with Gasteiger partial charge in [0.1, 0.15) is 0 Å². The van der Waals surface area contributed by atoms with Crippen LogP contribution in [0.4, 0.5) is 0 Å². The van der Waals surface area contributed by atoms with Crippen molar-refractivity contribution >= 4 is 23.3 Å². The first kappa shape index (κ1) is 25.8. The number of rotatable bonds is 4. The third kappa shape index (κ3) is 5.48. The molecule has 158 valence electrons. The number of benzene rings is 2. The molecule has 2 aromatic carbocycles.